The second kappa shape index (κ2) is 7.33. The highest BCUT2D eigenvalue weighted by molar-refractivity contribution is 6.37. The lowest BCUT2D eigenvalue weighted by molar-refractivity contribution is 0.102. The molecule has 0 spiro atoms. The van der Waals surface area contributed by atoms with Crippen molar-refractivity contribution in [2.75, 3.05) is 5.32 Å². The topological polar surface area (TPSA) is 69.0 Å². The number of amides is 1. The van der Waals surface area contributed by atoms with Crippen molar-refractivity contribution in [3.05, 3.63) is 70.7 Å². The van der Waals surface area contributed by atoms with Crippen LogP contribution in [0.5, 0.6) is 5.75 Å². The average molecular weight is 363 g/mol. The van der Waals surface area contributed by atoms with Crippen molar-refractivity contribution < 1.29 is 9.53 Å². The third-order valence-corrected chi connectivity index (χ3v) is 3.65. The number of benzene rings is 1. The Morgan fingerprint density at radius 1 is 1.17 bits per heavy atom. The third-order valence-electron chi connectivity index (χ3n) is 3.05. The monoisotopic (exact) mass is 362 g/mol. The van der Waals surface area contributed by atoms with E-state index in [-0.39, 0.29) is 18.3 Å². The van der Waals surface area contributed by atoms with E-state index in [9.17, 15) is 4.79 Å². The second-order valence-corrected chi connectivity index (χ2v) is 5.57. The van der Waals surface area contributed by atoms with E-state index < -0.39 is 0 Å². The molecule has 3 aromatic rings. The Kier molecular flexibility index (Phi) is 4.98. The van der Waals surface area contributed by atoms with Crippen LogP contribution in [-0.2, 0) is 6.73 Å². The molecular weight excluding hydrogens is 351 g/mol. The van der Waals surface area contributed by atoms with Gasteiger partial charge in [-0.1, -0.05) is 29.3 Å². The fourth-order valence-electron chi connectivity index (χ4n) is 1.94. The molecule has 0 aliphatic rings. The number of carbonyl (C=O) groups is 1. The molecule has 0 saturated heterocycles. The number of hydrogen-bond donors (Lipinski definition) is 1. The summed E-state index contributed by atoms with van der Waals surface area (Å²) in [5.74, 6) is 0.0372. The number of pyridine rings is 1. The molecule has 0 fully saturated rings. The van der Waals surface area contributed by atoms with Gasteiger partial charge in [0.2, 0.25) is 0 Å². The Hall–Kier alpha value is -2.57. The van der Waals surface area contributed by atoms with Gasteiger partial charge in [0.1, 0.15) is 0 Å². The summed E-state index contributed by atoms with van der Waals surface area (Å²) < 4.78 is 7.03. The first-order chi connectivity index (χ1) is 11.6. The van der Waals surface area contributed by atoms with Gasteiger partial charge in [-0.3, -0.25) is 9.78 Å². The number of aromatic nitrogens is 3. The fourth-order valence-corrected chi connectivity index (χ4v) is 2.44. The zero-order valence-electron chi connectivity index (χ0n) is 12.3. The van der Waals surface area contributed by atoms with Crippen LogP contribution in [0.3, 0.4) is 0 Å². The van der Waals surface area contributed by atoms with Crippen LogP contribution in [0, 0.1) is 0 Å². The molecule has 0 aliphatic heterocycles. The number of rotatable bonds is 5. The lowest BCUT2D eigenvalue weighted by atomic mass is 10.3. The first-order valence-electron chi connectivity index (χ1n) is 6.95. The number of nitrogens with one attached hydrogen (secondary N) is 1. The van der Waals surface area contributed by atoms with E-state index in [1.165, 1.54) is 4.68 Å². The molecule has 0 saturated carbocycles. The average Bonchev–Trinajstić information content (AvgIpc) is 3.04. The molecule has 122 valence electrons. The van der Waals surface area contributed by atoms with Gasteiger partial charge >= 0.3 is 0 Å². The minimum absolute atomic E-state index is 0.0730. The van der Waals surface area contributed by atoms with Crippen LogP contribution in [0.1, 0.15) is 10.5 Å². The van der Waals surface area contributed by atoms with Gasteiger partial charge in [0.05, 0.1) is 21.9 Å². The van der Waals surface area contributed by atoms with Crippen molar-refractivity contribution in [2.45, 2.75) is 6.73 Å². The van der Waals surface area contributed by atoms with E-state index in [0.29, 0.717) is 21.5 Å². The van der Waals surface area contributed by atoms with Gasteiger partial charge in [0.25, 0.3) is 5.91 Å². The van der Waals surface area contributed by atoms with Gasteiger partial charge in [-0.25, -0.2) is 4.68 Å². The lowest BCUT2D eigenvalue weighted by Crippen LogP contribution is -2.14. The maximum Gasteiger partial charge on any atom is 0.276 e. The van der Waals surface area contributed by atoms with Gasteiger partial charge < -0.3 is 10.1 Å². The summed E-state index contributed by atoms with van der Waals surface area (Å²) in [5, 5.41) is 7.67. The van der Waals surface area contributed by atoms with Crippen LogP contribution in [0.15, 0.2) is 55.0 Å². The van der Waals surface area contributed by atoms with Crippen molar-refractivity contribution in [1.29, 1.82) is 0 Å². The second-order valence-electron chi connectivity index (χ2n) is 4.76. The molecule has 0 bridgehead atoms. The van der Waals surface area contributed by atoms with Crippen molar-refractivity contribution in [1.82, 2.24) is 14.8 Å². The van der Waals surface area contributed by atoms with Crippen molar-refractivity contribution in [3.8, 4) is 5.75 Å². The SMILES string of the molecule is O=C(Nc1cccnc1)c1ccn(COc2c(Cl)cccc2Cl)n1. The maximum atomic E-state index is 12.1. The molecule has 1 amide bonds. The van der Waals surface area contributed by atoms with E-state index in [2.05, 4.69) is 15.4 Å². The molecule has 1 N–H and O–H groups in total. The Bertz CT molecular complexity index is 832. The van der Waals surface area contributed by atoms with Gasteiger partial charge in [-0.15, -0.1) is 0 Å². The normalized spacial score (nSPS) is 10.4. The zero-order valence-corrected chi connectivity index (χ0v) is 13.8. The molecule has 2 aromatic heterocycles. The standard InChI is InChI=1S/C16H12Cl2N4O2/c17-12-4-1-5-13(18)15(12)24-10-22-8-6-14(21-22)16(23)20-11-3-2-7-19-9-11/h1-9H,10H2,(H,20,23). The van der Waals surface area contributed by atoms with Crippen LogP contribution in [0.25, 0.3) is 0 Å². The van der Waals surface area contributed by atoms with Crippen molar-refractivity contribution in [3.63, 3.8) is 0 Å². The number of para-hydroxylation sites is 1. The van der Waals surface area contributed by atoms with Crippen molar-refractivity contribution in [2.24, 2.45) is 0 Å². The van der Waals surface area contributed by atoms with Gasteiger partial charge in [-0.05, 0) is 30.3 Å². The quantitative estimate of drug-likeness (QED) is 0.747. The third kappa shape index (κ3) is 3.84. The van der Waals surface area contributed by atoms with Crippen LogP contribution >= 0.6 is 23.2 Å². The van der Waals surface area contributed by atoms with E-state index in [1.54, 1.807) is 55.0 Å². The summed E-state index contributed by atoms with van der Waals surface area (Å²) in [6.45, 7) is 0.0730. The van der Waals surface area contributed by atoms with Crippen LogP contribution in [0.2, 0.25) is 10.0 Å². The molecule has 0 atom stereocenters. The lowest BCUT2D eigenvalue weighted by Gasteiger charge is -2.09. The summed E-state index contributed by atoms with van der Waals surface area (Å²) in [6.07, 6.45) is 4.81. The highest BCUT2D eigenvalue weighted by atomic mass is 35.5. The van der Waals surface area contributed by atoms with Crippen molar-refractivity contribution >= 4 is 34.8 Å². The van der Waals surface area contributed by atoms with Gasteiger partial charge in [0.15, 0.2) is 18.2 Å². The van der Waals surface area contributed by atoms with Crippen LogP contribution in [0.4, 0.5) is 5.69 Å². The Morgan fingerprint density at radius 3 is 2.67 bits per heavy atom. The van der Waals surface area contributed by atoms with E-state index in [4.69, 9.17) is 27.9 Å². The number of hydrogen-bond acceptors (Lipinski definition) is 4. The first kappa shape index (κ1) is 16.3. The molecule has 0 radical (unpaired) electrons. The van der Waals surface area contributed by atoms with E-state index in [1.807, 2.05) is 0 Å². The molecule has 24 heavy (non-hydrogen) atoms. The summed E-state index contributed by atoms with van der Waals surface area (Å²) in [4.78, 5) is 16.0. The maximum absolute atomic E-state index is 12.1. The molecule has 0 unspecified atom stereocenters. The summed E-state index contributed by atoms with van der Waals surface area (Å²) in [5.41, 5.74) is 0.851. The van der Waals surface area contributed by atoms with Crippen LogP contribution < -0.4 is 10.1 Å². The Labute approximate surface area is 148 Å². The van der Waals surface area contributed by atoms with E-state index >= 15 is 0 Å². The predicted octanol–water partition coefficient (Wildman–Crippen LogP) is 3.87. The molecular formula is C16H12Cl2N4O2. The smallest absolute Gasteiger partial charge is 0.276 e. The highest BCUT2D eigenvalue weighted by Gasteiger charge is 2.11. The minimum atomic E-state index is -0.336. The molecule has 3 rings (SSSR count). The zero-order chi connectivity index (χ0) is 16.9. The fraction of sp³-hybridized carbons (Fsp3) is 0.0625. The molecule has 8 heteroatoms. The first-order valence-corrected chi connectivity index (χ1v) is 7.71. The molecule has 2 heterocycles. The number of ether oxygens (including phenoxy) is 1. The highest BCUT2D eigenvalue weighted by Crippen LogP contribution is 2.32. The predicted molar refractivity (Wildman–Crippen MR) is 91.5 cm³/mol. The van der Waals surface area contributed by atoms with Gasteiger partial charge in [0, 0.05) is 12.4 Å². The molecule has 6 nitrogen and oxygen atoms in total. The number of halogens is 2. The number of anilines is 1. The number of carbonyl (C=O) groups excluding carboxylic acids is 1. The summed E-state index contributed by atoms with van der Waals surface area (Å²) in [6, 6.07) is 10.1. The number of nitrogens with zero attached hydrogens (tertiary/aromatic N) is 3. The summed E-state index contributed by atoms with van der Waals surface area (Å²) >= 11 is 12.1. The Morgan fingerprint density at radius 2 is 1.96 bits per heavy atom. The molecule has 0 aliphatic carbocycles. The van der Waals surface area contributed by atoms with Gasteiger partial charge in [-0.2, -0.15) is 5.10 Å². The largest absolute Gasteiger partial charge is 0.468 e. The van der Waals surface area contributed by atoms with Crippen LogP contribution in [-0.4, -0.2) is 20.7 Å². The van der Waals surface area contributed by atoms with E-state index in [0.717, 1.165) is 0 Å². The molecule has 1 aromatic carbocycles. The Balaban J connectivity index is 1.64. The summed E-state index contributed by atoms with van der Waals surface area (Å²) in [7, 11) is 0. The minimum Gasteiger partial charge on any atom is -0.468 e.